The van der Waals surface area contributed by atoms with Crippen molar-refractivity contribution in [3.8, 4) is 0 Å². The maximum Gasteiger partial charge on any atom is 0.0757 e. The topological polar surface area (TPSA) is 21.3 Å². The van der Waals surface area contributed by atoms with Crippen LogP contribution in [0, 0.1) is 5.92 Å². The molecule has 1 aromatic rings. The van der Waals surface area contributed by atoms with Gasteiger partial charge < -0.3 is 10.1 Å². The summed E-state index contributed by atoms with van der Waals surface area (Å²) in [5, 5.41) is 3.69. The highest BCUT2D eigenvalue weighted by molar-refractivity contribution is 5.23. The zero-order valence-electron chi connectivity index (χ0n) is 13.2. The fourth-order valence-corrected chi connectivity index (χ4v) is 3.03. The van der Waals surface area contributed by atoms with E-state index in [0.717, 1.165) is 26.0 Å². The van der Waals surface area contributed by atoms with Crippen LogP contribution < -0.4 is 5.32 Å². The van der Waals surface area contributed by atoms with E-state index >= 15 is 0 Å². The van der Waals surface area contributed by atoms with Crippen LogP contribution in [0.4, 0.5) is 0 Å². The van der Waals surface area contributed by atoms with Crippen LogP contribution in [0.3, 0.4) is 0 Å². The fourth-order valence-electron chi connectivity index (χ4n) is 3.03. The van der Waals surface area contributed by atoms with Gasteiger partial charge in [-0.2, -0.15) is 0 Å². The summed E-state index contributed by atoms with van der Waals surface area (Å²) in [6.45, 7) is 8.74. The third-order valence-electron chi connectivity index (χ3n) is 4.38. The zero-order valence-corrected chi connectivity index (χ0v) is 13.2. The number of hydrogen-bond donors (Lipinski definition) is 1. The minimum Gasteiger partial charge on any atom is -0.376 e. The van der Waals surface area contributed by atoms with Crippen molar-refractivity contribution in [2.75, 3.05) is 13.2 Å². The molecule has 1 aromatic carbocycles. The lowest BCUT2D eigenvalue weighted by Gasteiger charge is -2.27. The van der Waals surface area contributed by atoms with Crippen molar-refractivity contribution < 1.29 is 4.74 Å². The molecule has 20 heavy (non-hydrogen) atoms. The van der Waals surface area contributed by atoms with Gasteiger partial charge >= 0.3 is 0 Å². The molecule has 3 unspecified atom stereocenters. The van der Waals surface area contributed by atoms with Crippen molar-refractivity contribution in [2.24, 2.45) is 5.92 Å². The Kier molecular flexibility index (Phi) is 6.06. The predicted octanol–water partition coefficient (Wildman–Crippen LogP) is 3.58. The third kappa shape index (κ3) is 4.07. The van der Waals surface area contributed by atoms with Gasteiger partial charge in [-0.1, -0.05) is 45.0 Å². The van der Waals surface area contributed by atoms with E-state index in [1.807, 2.05) is 0 Å². The quantitative estimate of drug-likeness (QED) is 0.821. The normalized spacial score (nSPS) is 23.9. The highest BCUT2D eigenvalue weighted by atomic mass is 16.5. The molecule has 0 bridgehead atoms. The Morgan fingerprint density at radius 1 is 1.20 bits per heavy atom. The third-order valence-corrected chi connectivity index (χ3v) is 4.38. The Morgan fingerprint density at radius 3 is 2.45 bits per heavy atom. The standard InChI is InChI=1S/C18H29NO/c1-4-11-19-17(18-14(3)10-12-20-18)13-16-8-6-15(5-2)7-9-16/h6-9,14,17-19H,4-5,10-13H2,1-3H3. The summed E-state index contributed by atoms with van der Waals surface area (Å²) < 4.78 is 5.98. The molecule has 2 nitrogen and oxygen atoms in total. The zero-order chi connectivity index (χ0) is 14.4. The highest BCUT2D eigenvalue weighted by Crippen LogP contribution is 2.25. The van der Waals surface area contributed by atoms with Crippen molar-refractivity contribution in [1.82, 2.24) is 5.32 Å². The maximum absolute atomic E-state index is 5.98. The molecule has 0 aromatic heterocycles. The molecule has 2 rings (SSSR count). The fraction of sp³-hybridized carbons (Fsp3) is 0.667. The van der Waals surface area contributed by atoms with Crippen LogP contribution in [-0.2, 0) is 17.6 Å². The van der Waals surface area contributed by atoms with Gasteiger partial charge in [0.05, 0.1) is 6.10 Å². The molecule has 3 atom stereocenters. The first-order chi connectivity index (χ1) is 9.74. The highest BCUT2D eigenvalue weighted by Gasteiger charge is 2.31. The van der Waals surface area contributed by atoms with Gasteiger partial charge in [0.2, 0.25) is 0 Å². The van der Waals surface area contributed by atoms with Crippen LogP contribution in [0.5, 0.6) is 0 Å². The molecular formula is C18H29NO. The lowest BCUT2D eigenvalue weighted by atomic mass is 9.92. The van der Waals surface area contributed by atoms with E-state index in [2.05, 4.69) is 50.4 Å². The van der Waals surface area contributed by atoms with Gasteiger partial charge in [-0.15, -0.1) is 0 Å². The van der Waals surface area contributed by atoms with E-state index in [1.54, 1.807) is 0 Å². The Hall–Kier alpha value is -0.860. The van der Waals surface area contributed by atoms with Gasteiger partial charge in [0.15, 0.2) is 0 Å². The summed E-state index contributed by atoms with van der Waals surface area (Å²) >= 11 is 0. The van der Waals surface area contributed by atoms with Crippen LogP contribution >= 0.6 is 0 Å². The molecule has 1 aliphatic rings. The molecule has 0 spiro atoms. The second-order valence-electron chi connectivity index (χ2n) is 6.04. The second kappa shape index (κ2) is 7.80. The van der Waals surface area contributed by atoms with Gasteiger partial charge in [0.25, 0.3) is 0 Å². The summed E-state index contributed by atoms with van der Waals surface area (Å²) in [5.41, 5.74) is 2.83. The summed E-state index contributed by atoms with van der Waals surface area (Å²) in [5.74, 6) is 0.666. The van der Waals surface area contributed by atoms with Gasteiger partial charge in [-0.05, 0) is 49.3 Å². The van der Waals surface area contributed by atoms with Gasteiger partial charge in [-0.25, -0.2) is 0 Å². The summed E-state index contributed by atoms with van der Waals surface area (Å²) in [6, 6.07) is 9.51. The van der Waals surface area contributed by atoms with E-state index in [0.29, 0.717) is 18.1 Å². The molecule has 1 fully saturated rings. The predicted molar refractivity (Wildman–Crippen MR) is 85.1 cm³/mol. The van der Waals surface area contributed by atoms with Crippen LogP contribution in [0.2, 0.25) is 0 Å². The van der Waals surface area contributed by atoms with E-state index in [1.165, 1.54) is 24.0 Å². The second-order valence-corrected chi connectivity index (χ2v) is 6.04. The summed E-state index contributed by atoms with van der Waals surface area (Å²) in [4.78, 5) is 0. The minimum atomic E-state index is 0.368. The van der Waals surface area contributed by atoms with Crippen molar-refractivity contribution in [2.45, 2.75) is 58.6 Å². The van der Waals surface area contributed by atoms with Crippen LogP contribution in [0.1, 0.15) is 44.7 Å². The molecule has 1 saturated heterocycles. The minimum absolute atomic E-state index is 0.368. The Balaban J connectivity index is 2.01. The number of ether oxygens (including phenoxy) is 1. The molecule has 1 N–H and O–H groups in total. The van der Waals surface area contributed by atoms with Crippen LogP contribution in [0.25, 0.3) is 0 Å². The van der Waals surface area contributed by atoms with Crippen molar-refractivity contribution in [3.63, 3.8) is 0 Å². The Labute approximate surface area is 123 Å². The van der Waals surface area contributed by atoms with Gasteiger partial charge in [-0.3, -0.25) is 0 Å². The SMILES string of the molecule is CCCNC(Cc1ccc(CC)cc1)C1OCCC1C. The summed E-state index contributed by atoms with van der Waals surface area (Å²) in [7, 11) is 0. The molecule has 112 valence electrons. The number of benzene rings is 1. The lowest BCUT2D eigenvalue weighted by molar-refractivity contribution is 0.0610. The molecule has 0 amide bonds. The van der Waals surface area contributed by atoms with E-state index in [4.69, 9.17) is 4.74 Å². The molecule has 0 saturated carbocycles. The van der Waals surface area contributed by atoms with Crippen molar-refractivity contribution >= 4 is 0 Å². The average Bonchev–Trinajstić information content (AvgIpc) is 2.90. The average molecular weight is 275 g/mol. The molecule has 1 heterocycles. The van der Waals surface area contributed by atoms with Crippen LogP contribution in [-0.4, -0.2) is 25.3 Å². The Bertz CT molecular complexity index is 387. The lowest BCUT2D eigenvalue weighted by Crippen LogP contribution is -2.44. The first-order valence-corrected chi connectivity index (χ1v) is 8.17. The first kappa shape index (κ1) is 15.5. The van der Waals surface area contributed by atoms with Crippen molar-refractivity contribution in [3.05, 3.63) is 35.4 Å². The molecule has 2 heteroatoms. The molecule has 0 radical (unpaired) electrons. The largest absolute Gasteiger partial charge is 0.376 e. The van der Waals surface area contributed by atoms with Crippen LogP contribution in [0.15, 0.2) is 24.3 Å². The number of rotatable bonds is 7. The molecule has 1 aliphatic heterocycles. The first-order valence-electron chi connectivity index (χ1n) is 8.17. The van der Waals surface area contributed by atoms with E-state index < -0.39 is 0 Å². The monoisotopic (exact) mass is 275 g/mol. The molecular weight excluding hydrogens is 246 g/mol. The number of nitrogens with one attached hydrogen (secondary N) is 1. The summed E-state index contributed by atoms with van der Waals surface area (Å²) in [6.07, 6.45) is 4.92. The van der Waals surface area contributed by atoms with Gasteiger partial charge in [0, 0.05) is 12.6 Å². The van der Waals surface area contributed by atoms with Gasteiger partial charge in [0.1, 0.15) is 0 Å². The number of hydrogen-bond acceptors (Lipinski definition) is 2. The Morgan fingerprint density at radius 2 is 1.90 bits per heavy atom. The van der Waals surface area contributed by atoms with Crippen molar-refractivity contribution in [1.29, 1.82) is 0 Å². The maximum atomic E-state index is 5.98. The van der Waals surface area contributed by atoms with E-state index in [9.17, 15) is 0 Å². The number of aryl methyl sites for hydroxylation is 1. The van der Waals surface area contributed by atoms with E-state index in [-0.39, 0.29) is 0 Å². The smallest absolute Gasteiger partial charge is 0.0757 e. The molecule has 0 aliphatic carbocycles.